The standard InChI is InChI=1S/C7H11NO2/c1-6(5-8-2)3-4-7(9)10/h6,8H,5H2,1-2H3,(H,9,10). The van der Waals surface area contributed by atoms with Gasteiger partial charge in [-0.15, -0.1) is 0 Å². The van der Waals surface area contributed by atoms with Crippen LogP contribution in [-0.4, -0.2) is 24.7 Å². The van der Waals surface area contributed by atoms with Gasteiger partial charge in [-0.05, 0) is 7.05 Å². The van der Waals surface area contributed by atoms with Crippen molar-refractivity contribution < 1.29 is 9.90 Å². The first-order chi connectivity index (χ1) is 4.66. The lowest BCUT2D eigenvalue weighted by atomic mass is 10.2. The molecular formula is C7H11NO2. The maximum atomic E-state index is 9.91. The van der Waals surface area contributed by atoms with Gasteiger partial charge in [0.25, 0.3) is 0 Å². The Labute approximate surface area is 60.4 Å². The second-order valence-electron chi connectivity index (χ2n) is 2.03. The summed E-state index contributed by atoms with van der Waals surface area (Å²) in [5.74, 6) is 3.66. The molecule has 0 aliphatic heterocycles. The Morgan fingerprint density at radius 3 is 2.80 bits per heavy atom. The second-order valence-corrected chi connectivity index (χ2v) is 2.03. The van der Waals surface area contributed by atoms with Gasteiger partial charge in [0.1, 0.15) is 0 Å². The minimum Gasteiger partial charge on any atom is -0.472 e. The number of carboxylic acid groups (broad SMARTS) is 1. The highest BCUT2D eigenvalue weighted by Crippen LogP contribution is 1.86. The van der Waals surface area contributed by atoms with E-state index in [9.17, 15) is 4.79 Å². The molecule has 0 fully saturated rings. The van der Waals surface area contributed by atoms with Gasteiger partial charge < -0.3 is 10.4 Å². The molecule has 1 unspecified atom stereocenters. The summed E-state index contributed by atoms with van der Waals surface area (Å²) in [5.41, 5.74) is 0. The molecular weight excluding hydrogens is 130 g/mol. The van der Waals surface area contributed by atoms with E-state index in [0.717, 1.165) is 6.54 Å². The van der Waals surface area contributed by atoms with Gasteiger partial charge in [-0.2, -0.15) is 0 Å². The largest absolute Gasteiger partial charge is 0.472 e. The van der Waals surface area contributed by atoms with E-state index in [1.165, 1.54) is 0 Å². The Morgan fingerprint density at radius 2 is 2.40 bits per heavy atom. The zero-order valence-corrected chi connectivity index (χ0v) is 6.14. The van der Waals surface area contributed by atoms with Crippen molar-refractivity contribution in [2.45, 2.75) is 6.92 Å². The van der Waals surface area contributed by atoms with E-state index in [2.05, 4.69) is 17.2 Å². The molecule has 56 valence electrons. The zero-order valence-electron chi connectivity index (χ0n) is 6.14. The van der Waals surface area contributed by atoms with E-state index in [1.807, 2.05) is 6.92 Å². The van der Waals surface area contributed by atoms with Gasteiger partial charge in [-0.1, -0.05) is 12.8 Å². The Hall–Kier alpha value is -1.01. The van der Waals surface area contributed by atoms with Gasteiger partial charge in [0, 0.05) is 18.4 Å². The molecule has 3 nitrogen and oxygen atoms in total. The minimum absolute atomic E-state index is 0.0982. The van der Waals surface area contributed by atoms with E-state index in [0.29, 0.717) is 0 Å². The second kappa shape index (κ2) is 4.83. The van der Waals surface area contributed by atoms with Crippen LogP contribution in [0.3, 0.4) is 0 Å². The minimum atomic E-state index is -1.07. The normalized spacial score (nSPS) is 11.4. The molecule has 2 N–H and O–H groups in total. The molecule has 0 aliphatic carbocycles. The Morgan fingerprint density at radius 1 is 1.80 bits per heavy atom. The maximum Gasteiger partial charge on any atom is 0.381 e. The van der Waals surface area contributed by atoms with E-state index < -0.39 is 5.97 Å². The van der Waals surface area contributed by atoms with Crippen LogP contribution in [0.15, 0.2) is 0 Å². The van der Waals surface area contributed by atoms with Crippen LogP contribution in [0.25, 0.3) is 0 Å². The van der Waals surface area contributed by atoms with Crippen molar-refractivity contribution in [1.29, 1.82) is 0 Å². The van der Waals surface area contributed by atoms with Crippen molar-refractivity contribution in [3.63, 3.8) is 0 Å². The summed E-state index contributed by atoms with van der Waals surface area (Å²) in [6, 6.07) is 0. The summed E-state index contributed by atoms with van der Waals surface area (Å²) in [7, 11) is 1.80. The highest BCUT2D eigenvalue weighted by molar-refractivity contribution is 5.86. The SMILES string of the molecule is CNCC(C)C#CC(=O)O. The van der Waals surface area contributed by atoms with Crippen molar-refractivity contribution in [2.24, 2.45) is 5.92 Å². The summed E-state index contributed by atoms with van der Waals surface area (Å²) >= 11 is 0. The highest BCUT2D eigenvalue weighted by Gasteiger charge is 1.93. The molecule has 0 radical (unpaired) electrons. The summed E-state index contributed by atoms with van der Waals surface area (Å²) in [6.45, 7) is 2.59. The number of rotatable bonds is 2. The molecule has 0 spiro atoms. The van der Waals surface area contributed by atoms with E-state index in [4.69, 9.17) is 5.11 Å². The first-order valence-electron chi connectivity index (χ1n) is 3.06. The fourth-order valence-corrected chi connectivity index (χ4v) is 0.542. The van der Waals surface area contributed by atoms with Gasteiger partial charge in [-0.3, -0.25) is 0 Å². The van der Waals surface area contributed by atoms with Gasteiger partial charge >= 0.3 is 5.97 Å². The lowest BCUT2D eigenvalue weighted by molar-refractivity contribution is -0.130. The van der Waals surface area contributed by atoms with E-state index in [-0.39, 0.29) is 5.92 Å². The number of hydrogen-bond donors (Lipinski definition) is 2. The quantitative estimate of drug-likeness (QED) is 0.529. The average molecular weight is 141 g/mol. The zero-order chi connectivity index (χ0) is 7.98. The summed E-state index contributed by atoms with van der Waals surface area (Å²) in [5, 5.41) is 11.0. The monoisotopic (exact) mass is 141 g/mol. The lowest BCUT2D eigenvalue weighted by Gasteiger charge is -1.98. The van der Waals surface area contributed by atoms with Crippen molar-refractivity contribution in [2.75, 3.05) is 13.6 Å². The van der Waals surface area contributed by atoms with Crippen LogP contribution >= 0.6 is 0 Å². The molecule has 0 aromatic heterocycles. The van der Waals surface area contributed by atoms with Crippen LogP contribution in [0.1, 0.15) is 6.92 Å². The van der Waals surface area contributed by atoms with Crippen LogP contribution < -0.4 is 5.32 Å². The molecule has 0 rings (SSSR count). The fraction of sp³-hybridized carbons (Fsp3) is 0.571. The average Bonchev–Trinajstić information content (AvgIpc) is 1.85. The van der Waals surface area contributed by atoms with Gasteiger partial charge in [0.2, 0.25) is 0 Å². The molecule has 0 aliphatic rings. The number of hydrogen-bond acceptors (Lipinski definition) is 2. The molecule has 0 saturated carbocycles. The first-order valence-corrected chi connectivity index (χ1v) is 3.06. The van der Waals surface area contributed by atoms with Crippen LogP contribution in [0.5, 0.6) is 0 Å². The third-order valence-corrected chi connectivity index (χ3v) is 0.936. The van der Waals surface area contributed by atoms with Crippen molar-refractivity contribution in [3.05, 3.63) is 0 Å². The van der Waals surface area contributed by atoms with Gasteiger partial charge in [0.15, 0.2) is 0 Å². The van der Waals surface area contributed by atoms with Crippen molar-refractivity contribution >= 4 is 5.97 Å². The van der Waals surface area contributed by atoms with E-state index in [1.54, 1.807) is 7.05 Å². The first kappa shape index (κ1) is 8.99. The summed E-state index contributed by atoms with van der Waals surface area (Å²) in [6.07, 6.45) is 0. The summed E-state index contributed by atoms with van der Waals surface area (Å²) < 4.78 is 0. The molecule has 10 heavy (non-hydrogen) atoms. The molecule has 0 saturated heterocycles. The Balaban J connectivity index is 3.68. The Kier molecular flexibility index (Phi) is 4.34. The predicted octanol–water partition coefficient (Wildman–Crippen LogP) is -0.0701. The lowest BCUT2D eigenvalue weighted by Crippen LogP contribution is -2.14. The number of nitrogens with one attached hydrogen (secondary N) is 1. The smallest absolute Gasteiger partial charge is 0.381 e. The molecule has 0 aromatic rings. The number of carboxylic acids is 1. The van der Waals surface area contributed by atoms with Crippen LogP contribution in [0.2, 0.25) is 0 Å². The third kappa shape index (κ3) is 5.13. The fourth-order valence-electron chi connectivity index (χ4n) is 0.542. The van der Waals surface area contributed by atoms with Crippen LogP contribution in [0.4, 0.5) is 0 Å². The third-order valence-electron chi connectivity index (χ3n) is 0.936. The van der Waals surface area contributed by atoms with Crippen molar-refractivity contribution in [1.82, 2.24) is 5.32 Å². The van der Waals surface area contributed by atoms with Gasteiger partial charge in [-0.25, -0.2) is 4.79 Å². The van der Waals surface area contributed by atoms with Crippen LogP contribution in [-0.2, 0) is 4.79 Å². The van der Waals surface area contributed by atoms with Crippen molar-refractivity contribution in [3.8, 4) is 11.8 Å². The van der Waals surface area contributed by atoms with Crippen LogP contribution in [0, 0.1) is 17.8 Å². The molecule has 0 heterocycles. The topological polar surface area (TPSA) is 49.3 Å². The molecule has 1 atom stereocenters. The molecule has 0 aromatic carbocycles. The highest BCUT2D eigenvalue weighted by atomic mass is 16.4. The molecule has 3 heteroatoms. The molecule has 0 amide bonds. The molecule has 0 bridgehead atoms. The predicted molar refractivity (Wildman–Crippen MR) is 38.5 cm³/mol. The maximum absolute atomic E-state index is 9.91. The van der Waals surface area contributed by atoms with Gasteiger partial charge in [0.05, 0.1) is 0 Å². The number of aliphatic carboxylic acids is 1. The Bertz CT molecular complexity index is 166. The van der Waals surface area contributed by atoms with E-state index >= 15 is 0 Å². The summed E-state index contributed by atoms with van der Waals surface area (Å²) in [4.78, 5) is 9.91. The number of carbonyl (C=O) groups is 1.